The maximum absolute atomic E-state index is 13.0. The maximum Gasteiger partial charge on any atom is 0.377 e. The number of rotatable bonds is 2. The van der Waals surface area contributed by atoms with Gasteiger partial charge in [0.25, 0.3) is 0 Å². The molecule has 0 spiro atoms. The minimum absolute atomic E-state index is 0.366. The summed E-state index contributed by atoms with van der Waals surface area (Å²) >= 11 is 0. The van der Waals surface area contributed by atoms with Crippen LogP contribution in [0.25, 0.3) is 0 Å². The molecule has 0 aromatic rings. The molecular weight excluding hydrogens is 190 g/mol. The van der Waals surface area contributed by atoms with Crippen LogP contribution < -0.4 is 0 Å². The average molecular weight is 204 g/mol. The second-order valence-corrected chi connectivity index (χ2v) is 3.87. The molecule has 14 heavy (non-hydrogen) atoms. The summed E-state index contributed by atoms with van der Waals surface area (Å²) in [5.41, 5.74) is 1.03. The molecule has 80 valence electrons. The van der Waals surface area contributed by atoms with Crippen molar-refractivity contribution in [3.8, 4) is 0 Å². The van der Waals surface area contributed by atoms with Crippen molar-refractivity contribution in [2.45, 2.75) is 39.2 Å². The fourth-order valence-electron chi connectivity index (χ4n) is 1.34. The van der Waals surface area contributed by atoms with Crippen molar-refractivity contribution < 1.29 is 18.3 Å². The zero-order valence-corrected chi connectivity index (χ0v) is 8.51. The molecule has 0 unspecified atom stereocenters. The standard InChI is InChI=1S/C10H14F2O2/c1-6(2)4-5-8-7(3)10(11,12)9(13)14-8/h4,7-8H,5H2,1-3H3/t7-,8-/m1/s1. The smallest absolute Gasteiger partial charge is 0.377 e. The molecule has 4 heteroatoms. The van der Waals surface area contributed by atoms with Gasteiger partial charge in [0, 0.05) is 6.42 Å². The Balaban J connectivity index is 2.68. The summed E-state index contributed by atoms with van der Waals surface area (Å²) in [5.74, 6) is -5.75. The van der Waals surface area contributed by atoms with Crippen molar-refractivity contribution in [3.05, 3.63) is 11.6 Å². The summed E-state index contributed by atoms with van der Waals surface area (Å²) in [5, 5.41) is 0. The number of carbonyl (C=O) groups excluding carboxylic acids is 1. The van der Waals surface area contributed by atoms with E-state index in [2.05, 4.69) is 4.74 Å². The third-order valence-electron chi connectivity index (χ3n) is 2.42. The van der Waals surface area contributed by atoms with Crippen LogP contribution in [0.4, 0.5) is 8.78 Å². The summed E-state index contributed by atoms with van der Waals surface area (Å²) in [4.78, 5) is 10.8. The highest BCUT2D eigenvalue weighted by Gasteiger charge is 2.56. The highest BCUT2D eigenvalue weighted by molar-refractivity contribution is 5.80. The number of cyclic esters (lactones) is 1. The molecule has 1 saturated heterocycles. The van der Waals surface area contributed by atoms with Gasteiger partial charge in [-0.25, -0.2) is 4.79 Å². The topological polar surface area (TPSA) is 26.3 Å². The lowest BCUT2D eigenvalue weighted by Gasteiger charge is -2.13. The largest absolute Gasteiger partial charge is 0.457 e. The Hall–Kier alpha value is -0.930. The summed E-state index contributed by atoms with van der Waals surface area (Å²) in [6, 6.07) is 0. The average Bonchev–Trinajstić information content (AvgIpc) is 2.26. The van der Waals surface area contributed by atoms with Crippen molar-refractivity contribution in [3.63, 3.8) is 0 Å². The Bertz CT molecular complexity index is 267. The molecule has 0 aliphatic carbocycles. The maximum atomic E-state index is 13.0. The van der Waals surface area contributed by atoms with E-state index in [1.54, 1.807) is 6.08 Å². The van der Waals surface area contributed by atoms with E-state index in [9.17, 15) is 13.6 Å². The van der Waals surface area contributed by atoms with Crippen LogP contribution in [0.5, 0.6) is 0 Å². The molecule has 2 nitrogen and oxygen atoms in total. The normalized spacial score (nSPS) is 29.9. The van der Waals surface area contributed by atoms with Gasteiger partial charge < -0.3 is 4.74 Å². The lowest BCUT2D eigenvalue weighted by atomic mass is 9.97. The van der Waals surface area contributed by atoms with Gasteiger partial charge in [0.2, 0.25) is 0 Å². The Kier molecular flexibility index (Phi) is 2.92. The number of hydrogen-bond acceptors (Lipinski definition) is 2. The Morgan fingerprint density at radius 1 is 1.57 bits per heavy atom. The molecule has 0 saturated carbocycles. The molecule has 0 N–H and O–H groups in total. The van der Waals surface area contributed by atoms with Crippen LogP contribution in [0.1, 0.15) is 27.2 Å². The van der Waals surface area contributed by atoms with Gasteiger partial charge in [-0.1, -0.05) is 18.6 Å². The van der Waals surface area contributed by atoms with Gasteiger partial charge in [0.05, 0.1) is 5.92 Å². The van der Waals surface area contributed by atoms with Crippen molar-refractivity contribution in [2.24, 2.45) is 5.92 Å². The van der Waals surface area contributed by atoms with E-state index in [4.69, 9.17) is 0 Å². The van der Waals surface area contributed by atoms with Crippen LogP contribution in [0.3, 0.4) is 0 Å². The van der Waals surface area contributed by atoms with Gasteiger partial charge in [-0.2, -0.15) is 8.78 Å². The van der Waals surface area contributed by atoms with Crippen LogP contribution in [0.15, 0.2) is 11.6 Å². The number of hydrogen-bond donors (Lipinski definition) is 0. The fraction of sp³-hybridized carbons (Fsp3) is 0.700. The number of carbonyl (C=O) groups is 1. The van der Waals surface area contributed by atoms with Gasteiger partial charge in [-0.15, -0.1) is 0 Å². The van der Waals surface area contributed by atoms with E-state index in [1.807, 2.05) is 13.8 Å². The van der Waals surface area contributed by atoms with Crippen LogP contribution in [-0.2, 0) is 9.53 Å². The third-order valence-corrected chi connectivity index (χ3v) is 2.42. The first-order valence-corrected chi connectivity index (χ1v) is 4.58. The van der Waals surface area contributed by atoms with Crippen molar-refractivity contribution in [1.82, 2.24) is 0 Å². The number of esters is 1. The quantitative estimate of drug-likeness (QED) is 0.510. The van der Waals surface area contributed by atoms with Gasteiger partial charge in [-0.3, -0.25) is 0 Å². The van der Waals surface area contributed by atoms with Crippen LogP contribution >= 0.6 is 0 Å². The molecule has 0 bridgehead atoms. The highest BCUT2D eigenvalue weighted by atomic mass is 19.3. The summed E-state index contributed by atoms with van der Waals surface area (Å²) in [6.45, 7) is 5.09. The first kappa shape index (κ1) is 11.1. The lowest BCUT2D eigenvalue weighted by Crippen LogP contribution is -2.30. The van der Waals surface area contributed by atoms with Crippen molar-refractivity contribution in [1.29, 1.82) is 0 Å². The predicted molar refractivity (Wildman–Crippen MR) is 48.0 cm³/mol. The number of allylic oxidation sites excluding steroid dienone is 1. The third kappa shape index (κ3) is 1.94. The van der Waals surface area contributed by atoms with E-state index >= 15 is 0 Å². The molecule has 2 atom stereocenters. The molecule has 1 heterocycles. The van der Waals surface area contributed by atoms with Crippen molar-refractivity contribution >= 4 is 5.97 Å². The molecule has 0 aromatic carbocycles. The molecule has 1 fully saturated rings. The fourth-order valence-corrected chi connectivity index (χ4v) is 1.34. The zero-order chi connectivity index (χ0) is 10.9. The molecular formula is C10H14F2O2. The van der Waals surface area contributed by atoms with Gasteiger partial charge in [0.1, 0.15) is 6.10 Å². The summed E-state index contributed by atoms with van der Waals surface area (Å²) in [6.07, 6.45) is 1.48. The van der Waals surface area contributed by atoms with Gasteiger partial charge in [-0.05, 0) is 13.8 Å². The van der Waals surface area contributed by atoms with Crippen LogP contribution in [-0.4, -0.2) is 18.0 Å². The molecule has 1 rings (SSSR count). The Morgan fingerprint density at radius 3 is 2.50 bits per heavy atom. The first-order chi connectivity index (χ1) is 6.35. The zero-order valence-electron chi connectivity index (χ0n) is 8.51. The second kappa shape index (κ2) is 3.67. The highest BCUT2D eigenvalue weighted by Crippen LogP contribution is 2.38. The molecule has 1 aliphatic heterocycles. The SMILES string of the molecule is CC(C)=CC[C@H]1OC(=O)C(F)(F)[C@@H]1C. The van der Waals surface area contributed by atoms with E-state index in [1.165, 1.54) is 6.92 Å². The number of halogens is 2. The second-order valence-electron chi connectivity index (χ2n) is 3.87. The Morgan fingerprint density at radius 2 is 2.14 bits per heavy atom. The predicted octanol–water partition coefficient (Wildman–Crippen LogP) is 2.54. The van der Waals surface area contributed by atoms with Crippen LogP contribution in [0, 0.1) is 5.92 Å². The summed E-state index contributed by atoms with van der Waals surface area (Å²) < 4.78 is 30.6. The van der Waals surface area contributed by atoms with Crippen LogP contribution in [0.2, 0.25) is 0 Å². The lowest BCUT2D eigenvalue weighted by molar-refractivity contribution is -0.160. The molecule has 0 aromatic heterocycles. The molecule has 1 aliphatic rings. The number of ether oxygens (including phenoxy) is 1. The van der Waals surface area contributed by atoms with Crippen molar-refractivity contribution in [2.75, 3.05) is 0 Å². The van der Waals surface area contributed by atoms with E-state index < -0.39 is 23.9 Å². The summed E-state index contributed by atoms with van der Waals surface area (Å²) in [7, 11) is 0. The van der Waals surface area contributed by atoms with E-state index in [0.717, 1.165) is 5.57 Å². The first-order valence-electron chi connectivity index (χ1n) is 4.58. The minimum Gasteiger partial charge on any atom is -0.457 e. The molecule has 0 amide bonds. The molecule has 0 radical (unpaired) electrons. The van der Waals surface area contributed by atoms with E-state index in [-0.39, 0.29) is 0 Å². The minimum atomic E-state index is -3.32. The van der Waals surface area contributed by atoms with Gasteiger partial charge in [0.15, 0.2) is 0 Å². The Labute approximate surface area is 81.9 Å². The van der Waals surface area contributed by atoms with Gasteiger partial charge >= 0.3 is 11.9 Å². The number of alkyl halides is 2. The monoisotopic (exact) mass is 204 g/mol. The van der Waals surface area contributed by atoms with E-state index in [0.29, 0.717) is 6.42 Å².